The van der Waals surface area contributed by atoms with Gasteiger partial charge in [0.05, 0.1) is 5.39 Å². The Hall–Kier alpha value is -1.69. The van der Waals surface area contributed by atoms with Crippen molar-refractivity contribution in [1.82, 2.24) is 14.9 Å². The van der Waals surface area contributed by atoms with E-state index in [9.17, 15) is 4.79 Å². The number of rotatable bonds is 4. The van der Waals surface area contributed by atoms with Crippen LogP contribution >= 0.6 is 11.3 Å². The summed E-state index contributed by atoms with van der Waals surface area (Å²) >= 11 is 1.90. The quantitative estimate of drug-likeness (QED) is 0.706. The van der Waals surface area contributed by atoms with Gasteiger partial charge in [-0.05, 0) is 50.0 Å². The van der Waals surface area contributed by atoms with Gasteiger partial charge in [-0.2, -0.15) is 0 Å². The Labute approximate surface area is 183 Å². The van der Waals surface area contributed by atoms with E-state index in [4.69, 9.17) is 9.97 Å². The molecule has 162 valence electrons. The zero-order valence-electron chi connectivity index (χ0n) is 18.6. The molecule has 2 fully saturated rings. The smallest absolute Gasteiger partial charge is 0.225 e. The first-order chi connectivity index (χ1) is 14.5. The summed E-state index contributed by atoms with van der Waals surface area (Å²) in [6.45, 7) is 10.2. The van der Waals surface area contributed by atoms with Crippen LogP contribution in [0, 0.1) is 11.8 Å². The molecule has 2 atom stereocenters. The molecule has 1 amide bonds. The van der Waals surface area contributed by atoms with Gasteiger partial charge in [0.15, 0.2) is 0 Å². The maximum Gasteiger partial charge on any atom is 0.225 e. The number of hydrogen-bond acceptors (Lipinski definition) is 5. The second-order valence-corrected chi connectivity index (χ2v) is 10.8. The van der Waals surface area contributed by atoms with E-state index in [0.29, 0.717) is 17.7 Å². The third-order valence-electron chi connectivity index (χ3n) is 7.55. The monoisotopic (exact) mass is 426 g/mol. The fourth-order valence-corrected chi connectivity index (χ4v) is 6.41. The van der Waals surface area contributed by atoms with E-state index in [1.54, 1.807) is 0 Å². The van der Waals surface area contributed by atoms with Crippen molar-refractivity contribution < 1.29 is 4.79 Å². The standard InChI is InChI=1S/C24H34N4OS/c1-4-16(3)21-25-22(20-18-9-8-15(2)14-19(18)30-23(20)26-21)27-10-12-28(13-11-27)24(29)17-6-5-7-17/h15-17H,4-14H2,1-3H3/t15-,16+/m1/s1. The van der Waals surface area contributed by atoms with Gasteiger partial charge < -0.3 is 9.80 Å². The van der Waals surface area contributed by atoms with E-state index < -0.39 is 0 Å². The molecule has 1 saturated heterocycles. The van der Waals surface area contributed by atoms with Crippen LogP contribution in [0.2, 0.25) is 0 Å². The van der Waals surface area contributed by atoms with Crippen molar-refractivity contribution in [1.29, 1.82) is 0 Å². The first-order valence-corrected chi connectivity index (χ1v) is 12.7. The summed E-state index contributed by atoms with van der Waals surface area (Å²) in [6.07, 6.45) is 8.03. The highest BCUT2D eigenvalue weighted by molar-refractivity contribution is 7.19. The van der Waals surface area contributed by atoms with E-state index in [-0.39, 0.29) is 0 Å². The van der Waals surface area contributed by atoms with Crippen molar-refractivity contribution >= 4 is 33.3 Å². The van der Waals surface area contributed by atoms with Gasteiger partial charge in [-0.3, -0.25) is 4.79 Å². The fraction of sp³-hybridized carbons (Fsp3) is 0.708. The molecule has 0 unspecified atom stereocenters. The number of piperazine rings is 1. The topological polar surface area (TPSA) is 49.3 Å². The summed E-state index contributed by atoms with van der Waals surface area (Å²) in [6, 6.07) is 0. The molecule has 2 aliphatic carbocycles. The van der Waals surface area contributed by atoms with Crippen LogP contribution in [-0.2, 0) is 17.6 Å². The number of thiophene rings is 1. The van der Waals surface area contributed by atoms with Gasteiger partial charge in [-0.15, -0.1) is 11.3 Å². The van der Waals surface area contributed by atoms with Crippen molar-refractivity contribution in [3.8, 4) is 0 Å². The number of nitrogens with zero attached hydrogens (tertiary/aromatic N) is 4. The van der Waals surface area contributed by atoms with Crippen LogP contribution in [0.3, 0.4) is 0 Å². The zero-order valence-corrected chi connectivity index (χ0v) is 19.4. The van der Waals surface area contributed by atoms with Crippen LogP contribution in [0.4, 0.5) is 5.82 Å². The molecule has 6 heteroatoms. The van der Waals surface area contributed by atoms with Crippen LogP contribution in [-0.4, -0.2) is 47.0 Å². The van der Waals surface area contributed by atoms with Gasteiger partial charge >= 0.3 is 0 Å². The summed E-state index contributed by atoms with van der Waals surface area (Å²) in [7, 11) is 0. The van der Waals surface area contributed by atoms with Crippen molar-refractivity contribution in [3.05, 3.63) is 16.3 Å². The lowest BCUT2D eigenvalue weighted by Crippen LogP contribution is -2.51. The molecule has 1 aliphatic heterocycles. The van der Waals surface area contributed by atoms with Crippen LogP contribution in [0.5, 0.6) is 0 Å². The Morgan fingerprint density at radius 2 is 1.93 bits per heavy atom. The SMILES string of the molecule is CC[C@H](C)c1nc(N2CCN(C(=O)C3CCC3)CC2)c2c3c(sc2n1)C[C@H](C)CC3. The summed E-state index contributed by atoms with van der Waals surface area (Å²) in [5, 5.41) is 1.31. The number of anilines is 1. The predicted octanol–water partition coefficient (Wildman–Crippen LogP) is 4.78. The Morgan fingerprint density at radius 3 is 2.60 bits per heavy atom. The first kappa shape index (κ1) is 20.2. The van der Waals surface area contributed by atoms with Crippen LogP contribution in [0.1, 0.15) is 75.1 Å². The van der Waals surface area contributed by atoms with Crippen molar-refractivity contribution in [2.75, 3.05) is 31.1 Å². The van der Waals surface area contributed by atoms with Crippen LogP contribution < -0.4 is 4.90 Å². The van der Waals surface area contributed by atoms with Gasteiger partial charge in [0.2, 0.25) is 5.91 Å². The molecule has 1 saturated carbocycles. The second-order valence-electron chi connectivity index (χ2n) is 9.69. The minimum atomic E-state index is 0.296. The third kappa shape index (κ3) is 3.51. The van der Waals surface area contributed by atoms with E-state index >= 15 is 0 Å². The van der Waals surface area contributed by atoms with E-state index in [1.807, 2.05) is 11.3 Å². The van der Waals surface area contributed by atoms with Gasteiger partial charge in [0, 0.05) is 42.9 Å². The highest BCUT2D eigenvalue weighted by Gasteiger charge is 2.33. The lowest BCUT2D eigenvalue weighted by Gasteiger charge is -2.39. The molecule has 3 aliphatic rings. The lowest BCUT2D eigenvalue weighted by molar-refractivity contribution is -0.138. The normalized spacial score (nSPS) is 23.4. The number of aromatic nitrogens is 2. The summed E-state index contributed by atoms with van der Waals surface area (Å²) in [5.41, 5.74) is 1.51. The van der Waals surface area contributed by atoms with Gasteiger partial charge in [-0.25, -0.2) is 9.97 Å². The molecule has 0 aromatic carbocycles. The number of carbonyl (C=O) groups excluding carboxylic acids is 1. The lowest BCUT2D eigenvalue weighted by atomic mass is 9.84. The molecule has 5 nitrogen and oxygen atoms in total. The highest BCUT2D eigenvalue weighted by atomic mass is 32.1. The molecule has 3 heterocycles. The summed E-state index contributed by atoms with van der Waals surface area (Å²) in [5.74, 6) is 3.93. The number of aryl methyl sites for hydroxylation is 1. The van der Waals surface area contributed by atoms with Gasteiger partial charge in [-0.1, -0.05) is 27.2 Å². The molecule has 0 N–H and O–H groups in total. The van der Waals surface area contributed by atoms with Gasteiger partial charge in [0.1, 0.15) is 16.5 Å². The molecular formula is C24H34N4OS. The molecule has 0 spiro atoms. The minimum absolute atomic E-state index is 0.296. The molecule has 0 radical (unpaired) electrons. The average molecular weight is 427 g/mol. The van der Waals surface area contributed by atoms with Gasteiger partial charge in [0.25, 0.3) is 0 Å². The molecule has 2 aromatic heterocycles. The number of hydrogen-bond donors (Lipinski definition) is 0. The summed E-state index contributed by atoms with van der Waals surface area (Å²) < 4.78 is 0. The maximum absolute atomic E-state index is 12.7. The van der Waals surface area contributed by atoms with E-state index in [2.05, 4.69) is 30.6 Å². The average Bonchev–Trinajstić information content (AvgIpc) is 3.08. The predicted molar refractivity (Wildman–Crippen MR) is 123 cm³/mol. The Balaban J connectivity index is 1.47. The maximum atomic E-state index is 12.7. The largest absolute Gasteiger partial charge is 0.352 e. The van der Waals surface area contributed by atoms with Crippen LogP contribution in [0.15, 0.2) is 0 Å². The number of fused-ring (bicyclic) bond motifs is 3. The van der Waals surface area contributed by atoms with Crippen LogP contribution in [0.25, 0.3) is 10.2 Å². The fourth-order valence-electron chi connectivity index (χ4n) is 5.02. The van der Waals surface area contributed by atoms with E-state index in [0.717, 1.165) is 69.4 Å². The zero-order chi connectivity index (χ0) is 20.8. The summed E-state index contributed by atoms with van der Waals surface area (Å²) in [4.78, 5) is 30.1. The van der Waals surface area contributed by atoms with Crippen molar-refractivity contribution in [2.24, 2.45) is 11.8 Å². The molecule has 5 rings (SSSR count). The van der Waals surface area contributed by atoms with E-state index in [1.165, 1.54) is 39.9 Å². The number of carbonyl (C=O) groups is 1. The minimum Gasteiger partial charge on any atom is -0.352 e. The molecule has 2 aromatic rings. The molecule has 0 bridgehead atoms. The van der Waals surface area contributed by atoms with Crippen molar-refractivity contribution in [2.45, 2.75) is 71.6 Å². The highest BCUT2D eigenvalue weighted by Crippen LogP contribution is 2.42. The second kappa shape index (κ2) is 8.10. The third-order valence-corrected chi connectivity index (χ3v) is 8.70. The Morgan fingerprint density at radius 1 is 1.17 bits per heavy atom. The Kier molecular flexibility index (Phi) is 5.46. The van der Waals surface area contributed by atoms with Crippen molar-refractivity contribution in [3.63, 3.8) is 0 Å². The Bertz CT molecular complexity index is 942. The molecule has 30 heavy (non-hydrogen) atoms. The first-order valence-electron chi connectivity index (χ1n) is 11.9. The number of amides is 1. The molecular weight excluding hydrogens is 392 g/mol.